The molecule has 4 nitrogen and oxygen atoms in total. The van der Waals surface area contributed by atoms with Crippen LogP contribution >= 0.6 is 36.2 Å². The van der Waals surface area contributed by atoms with Crippen LogP contribution in [0.25, 0.3) is 0 Å². The van der Waals surface area contributed by atoms with Crippen molar-refractivity contribution in [1.29, 1.82) is 0 Å². The number of carbonyl (C=O) groups excluding carboxylic acids is 1. The molecule has 2 rings (SSSR count). The van der Waals surface area contributed by atoms with Crippen LogP contribution in [0.4, 0.5) is 0 Å². The van der Waals surface area contributed by atoms with Crippen molar-refractivity contribution in [2.75, 3.05) is 6.54 Å². The number of nitrogens with zero attached hydrogens (tertiary/aromatic N) is 1. The zero-order chi connectivity index (χ0) is 15.5. The molecular formula is C16H29Cl2N3OS. The SMILES string of the molecule is CC(C)(C)c1csc(CCNC(=O)C2(N)CCCCC2)n1.Cl.Cl. The highest BCUT2D eigenvalue weighted by molar-refractivity contribution is 7.09. The van der Waals surface area contributed by atoms with Crippen molar-refractivity contribution < 1.29 is 4.79 Å². The van der Waals surface area contributed by atoms with E-state index < -0.39 is 5.54 Å². The number of hydrogen-bond donors (Lipinski definition) is 2. The molecule has 7 heteroatoms. The van der Waals surface area contributed by atoms with Gasteiger partial charge in [0.15, 0.2) is 0 Å². The van der Waals surface area contributed by atoms with Gasteiger partial charge in [0.25, 0.3) is 0 Å². The maximum Gasteiger partial charge on any atom is 0.240 e. The maximum atomic E-state index is 12.2. The van der Waals surface area contributed by atoms with Crippen LogP contribution in [-0.2, 0) is 16.6 Å². The van der Waals surface area contributed by atoms with E-state index in [2.05, 4.69) is 36.5 Å². The average Bonchev–Trinajstić information content (AvgIpc) is 2.88. The lowest BCUT2D eigenvalue weighted by Gasteiger charge is -2.31. The van der Waals surface area contributed by atoms with E-state index in [9.17, 15) is 4.79 Å². The molecule has 1 aliphatic rings. The maximum absolute atomic E-state index is 12.2. The number of nitrogens with one attached hydrogen (secondary N) is 1. The second-order valence-corrected chi connectivity index (χ2v) is 8.04. The highest BCUT2D eigenvalue weighted by Gasteiger charge is 2.34. The molecule has 0 radical (unpaired) electrons. The fraction of sp³-hybridized carbons (Fsp3) is 0.750. The molecule has 0 saturated heterocycles. The van der Waals surface area contributed by atoms with Crippen LogP contribution in [-0.4, -0.2) is 23.0 Å². The quantitative estimate of drug-likeness (QED) is 0.836. The van der Waals surface area contributed by atoms with Gasteiger partial charge in [-0.1, -0.05) is 40.0 Å². The van der Waals surface area contributed by atoms with Crippen LogP contribution in [0.3, 0.4) is 0 Å². The van der Waals surface area contributed by atoms with E-state index in [0.29, 0.717) is 6.54 Å². The van der Waals surface area contributed by atoms with Gasteiger partial charge in [0.2, 0.25) is 5.91 Å². The van der Waals surface area contributed by atoms with Gasteiger partial charge in [0, 0.05) is 23.8 Å². The van der Waals surface area contributed by atoms with Crippen molar-refractivity contribution in [2.45, 2.75) is 70.3 Å². The Morgan fingerprint density at radius 2 is 1.91 bits per heavy atom. The van der Waals surface area contributed by atoms with Gasteiger partial charge in [-0.15, -0.1) is 36.2 Å². The smallest absolute Gasteiger partial charge is 0.240 e. The molecule has 1 aromatic heterocycles. The number of rotatable bonds is 4. The minimum absolute atomic E-state index is 0. The fourth-order valence-corrected chi connectivity index (χ4v) is 3.66. The van der Waals surface area contributed by atoms with Gasteiger partial charge >= 0.3 is 0 Å². The highest BCUT2D eigenvalue weighted by Crippen LogP contribution is 2.26. The summed E-state index contributed by atoms with van der Waals surface area (Å²) in [4.78, 5) is 16.9. The summed E-state index contributed by atoms with van der Waals surface area (Å²) in [6.07, 6.45) is 5.72. The highest BCUT2D eigenvalue weighted by atomic mass is 35.5. The van der Waals surface area contributed by atoms with E-state index in [-0.39, 0.29) is 36.1 Å². The van der Waals surface area contributed by atoms with E-state index in [0.717, 1.165) is 42.8 Å². The van der Waals surface area contributed by atoms with E-state index in [1.165, 1.54) is 6.42 Å². The minimum atomic E-state index is -0.641. The molecule has 0 aliphatic heterocycles. The summed E-state index contributed by atoms with van der Waals surface area (Å²) in [6, 6.07) is 0. The summed E-state index contributed by atoms with van der Waals surface area (Å²) in [7, 11) is 0. The van der Waals surface area contributed by atoms with Gasteiger partial charge in [-0.25, -0.2) is 4.98 Å². The van der Waals surface area contributed by atoms with Crippen molar-refractivity contribution in [1.82, 2.24) is 10.3 Å². The Labute approximate surface area is 155 Å². The first kappa shape index (κ1) is 22.6. The number of amides is 1. The topological polar surface area (TPSA) is 68.0 Å². The van der Waals surface area contributed by atoms with E-state index in [1.54, 1.807) is 11.3 Å². The van der Waals surface area contributed by atoms with E-state index >= 15 is 0 Å². The van der Waals surface area contributed by atoms with Crippen molar-refractivity contribution in [3.8, 4) is 0 Å². The van der Waals surface area contributed by atoms with Crippen molar-refractivity contribution >= 4 is 42.1 Å². The van der Waals surface area contributed by atoms with Crippen LogP contribution in [0.15, 0.2) is 5.38 Å². The summed E-state index contributed by atoms with van der Waals surface area (Å²) in [6.45, 7) is 7.10. The van der Waals surface area contributed by atoms with Crippen molar-refractivity contribution in [3.63, 3.8) is 0 Å². The van der Waals surface area contributed by atoms with E-state index in [4.69, 9.17) is 5.73 Å². The Morgan fingerprint density at radius 3 is 2.43 bits per heavy atom. The third-order valence-corrected chi connectivity index (χ3v) is 5.05. The van der Waals surface area contributed by atoms with Crippen LogP contribution in [0.5, 0.6) is 0 Å². The molecule has 23 heavy (non-hydrogen) atoms. The molecule has 0 unspecified atom stereocenters. The molecule has 0 spiro atoms. The first-order valence-electron chi connectivity index (χ1n) is 7.83. The molecule has 0 atom stereocenters. The Hall–Kier alpha value is -0.360. The van der Waals surface area contributed by atoms with Gasteiger partial charge in [0.1, 0.15) is 0 Å². The summed E-state index contributed by atoms with van der Waals surface area (Å²) in [5.74, 6) is 0.00907. The van der Waals surface area contributed by atoms with Gasteiger partial charge in [-0.2, -0.15) is 0 Å². The molecule has 1 aliphatic carbocycles. The van der Waals surface area contributed by atoms with Gasteiger partial charge in [-0.3, -0.25) is 4.79 Å². The normalized spacial score (nSPS) is 16.9. The molecule has 1 heterocycles. The number of aromatic nitrogens is 1. The number of halogens is 2. The lowest BCUT2D eigenvalue weighted by atomic mass is 9.82. The van der Waals surface area contributed by atoms with Gasteiger partial charge in [-0.05, 0) is 12.8 Å². The third-order valence-electron chi connectivity index (χ3n) is 4.14. The first-order chi connectivity index (χ1) is 9.81. The molecule has 134 valence electrons. The molecule has 3 N–H and O–H groups in total. The lowest BCUT2D eigenvalue weighted by molar-refractivity contribution is -0.127. The molecular weight excluding hydrogens is 353 g/mol. The van der Waals surface area contributed by atoms with Crippen molar-refractivity contribution in [2.24, 2.45) is 5.73 Å². The fourth-order valence-electron chi connectivity index (χ4n) is 2.64. The monoisotopic (exact) mass is 381 g/mol. The standard InChI is InChI=1S/C16H27N3OS.2ClH/c1-15(2,3)12-11-21-13(19-12)7-10-18-14(20)16(17)8-5-4-6-9-16;;/h11H,4-10,17H2,1-3H3,(H,18,20);2*1H. The predicted molar refractivity (Wildman–Crippen MR) is 102 cm³/mol. The van der Waals surface area contributed by atoms with Gasteiger partial charge < -0.3 is 11.1 Å². The Bertz CT molecular complexity index is 494. The molecule has 1 saturated carbocycles. The first-order valence-corrected chi connectivity index (χ1v) is 8.71. The molecule has 1 amide bonds. The molecule has 1 fully saturated rings. The molecule has 0 aromatic carbocycles. The predicted octanol–water partition coefficient (Wildman–Crippen LogP) is 3.60. The number of hydrogen-bond acceptors (Lipinski definition) is 4. The number of nitrogens with two attached hydrogens (primary N) is 1. The zero-order valence-electron chi connectivity index (χ0n) is 14.2. The van der Waals surface area contributed by atoms with Crippen LogP contribution < -0.4 is 11.1 Å². The Kier molecular flexibility index (Phi) is 9.06. The summed E-state index contributed by atoms with van der Waals surface area (Å²) >= 11 is 1.67. The van der Waals surface area contributed by atoms with Crippen LogP contribution in [0.1, 0.15) is 63.6 Å². The van der Waals surface area contributed by atoms with Crippen LogP contribution in [0, 0.1) is 0 Å². The molecule has 1 aromatic rings. The average molecular weight is 382 g/mol. The minimum Gasteiger partial charge on any atom is -0.354 e. The third kappa shape index (κ3) is 6.22. The summed E-state index contributed by atoms with van der Waals surface area (Å²) in [5.41, 5.74) is 6.78. The lowest BCUT2D eigenvalue weighted by Crippen LogP contribution is -2.55. The summed E-state index contributed by atoms with van der Waals surface area (Å²) in [5, 5.41) is 6.18. The number of carbonyl (C=O) groups is 1. The second-order valence-electron chi connectivity index (χ2n) is 7.10. The number of thiazole rings is 1. The van der Waals surface area contributed by atoms with Gasteiger partial charge in [0.05, 0.1) is 16.2 Å². The molecule has 0 bridgehead atoms. The van der Waals surface area contributed by atoms with E-state index in [1.807, 2.05) is 0 Å². The largest absolute Gasteiger partial charge is 0.354 e. The second kappa shape index (κ2) is 9.21. The van der Waals surface area contributed by atoms with Crippen LogP contribution in [0.2, 0.25) is 0 Å². The Balaban J connectivity index is 0.00000242. The zero-order valence-corrected chi connectivity index (χ0v) is 16.6. The Morgan fingerprint density at radius 1 is 1.30 bits per heavy atom. The summed E-state index contributed by atoms with van der Waals surface area (Å²) < 4.78 is 0. The van der Waals surface area contributed by atoms with Crippen molar-refractivity contribution in [3.05, 3.63) is 16.1 Å².